The van der Waals surface area contributed by atoms with E-state index >= 15 is 0 Å². The Kier molecular flexibility index (Phi) is 67.7. The lowest BCUT2D eigenvalue weighted by molar-refractivity contribution is -0.161. The van der Waals surface area contributed by atoms with Gasteiger partial charge in [-0.05, 0) is 51.4 Å². The first-order valence-electron chi connectivity index (χ1n) is 38.9. The Hall–Kier alpha value is -2.20. The Morgan fingerprint density at radius 2 is 0.489 bits per heavy atom. The van der Waals surface area contributed by atoms with Crippen LogP contribution in [0.4, 0.5) is 0 Å². The van der Waals surface area contributed by atoms with Crippen LogP contribution in [0.3, 0.4) is 0 Å². The fourth-order valence-corrected chi connectivity index (χ4v) is 12.9. The summed E-state index contributed by atoms with van der Waals surface area (Å²) in [5.41, 5.74) is 0. The molecule has 556 valence electrons. The van der Waals surface area contributed by atoms with Crippen LogP contribution in [0, 0.1) is 0 Å². The van der Waals surface area contributed by atoms with Crippen molar-refractivity contribution in [2.24, 2.45) is 0 Å². The minimum absolute atomic E-state index is 0.0947. The number of phosphoric acid groups is 2. The van der Waals surface area contributed by atoms with Crippen molar-refractivity contribution in [3.8, 4) is 0 Å². The first-order chi connectivity index (χ1) is 45.7. The zero-order valence-electron chi connectivity index (χ0n) is 60.7. The van der Waals surface area contributed by atoms with Gasteiger partial charge in [-0.1, -0.05) is 322 Å². The molecule has 0 radical (unpaired) electrons. The quantitative estimate of drug-likeness (QED) is 0.0169. The molecule has 0 saturated heterocycles. The number of carbonyl (C=O) groups excluding carboxylic acids is 4. The number of unbranched alkanes of at least 4 members (excludes halogenated alkanes) is 47. The normalized spacial score (nSPS) is 14.0. The van der Waals surface area contributed by atoms with Crippen molar-refractivity contribution in [2.45, 2.75) is 406 Å². The van der Waals surface area contributed by atoms with Gasteiger partial charge < -0.3 is 33.8 Å². The highest BCUT2D eigenvalue weighted by atomic mass is 31.2. The highest BCUT2D eigenvalue weighted by molar-refractivity contribution is 7.47. The van der Waals surface area contributed by atoms with E-state index in [0.29, 0.717) is 25.7 Å². The van der Waals surface area contributed by atoms with Crippen LogP contribution in [-0.2, 0) is 65.4 Å². The van der Waals surface area contributed by atoms with Crippen LogP contribution in [0.2, 0.25) is 0 Å². The van der Waals surface area contributed by atoms with Crippen molar-refractivity contribution < 1.29 is 80.2 Å². The van der Waals surface area contributed by atoms with Gasteiger partial charge in [0.1, 0.15) is 19.3 Å². The molecule has 2 unspecified atom stereocenters. The lowest BCUT2D eigenvalue weighted by atomic mass is 10.0. The van der Waals surface area contributed by atoms with Gasteiger partial charge in [0.25, 0.3) is 0 Å². The van der Waals surface area contributed by atoms with Gasteiger partial charge in [0.15, 0.2) is 12.2 Å². The summed E-state index contributed by atoms with van der Waals surface area (Å²) in [6, 6.07) is 0. The summed E-state index contributed by atoms with van der Waals surface area (Å²) in [6.07, 6.45) is 60.5. The molecule has 5 atom stereocenters. The van der Waals surface area contributed by atoms with Gasteiger partial charge in [-0.3, -0.25) is 37.3 Å². The molecule has 0 aliphatic carbocycles. The number of hydrogen-bond donors (Lipinski definition) is 3. The molecule has 0 heterocycles. The van der Waals surface area contributed by atoms with Crippen molar-refractivity contribution in [2.75, 3.05) is 39.6 Å². The summed E-state index contributed by atoms with van der Waals surface area (Å²) in [4.78, 5) is 72.8. The number of allylic oxidation sites excluding steroid dienone is 2. The van der Waals surface area contributed by atoms with E-state index < -0.39 is 97.5 Å². The average molecular weight is 1380 g/mol. The summed E-state index contributed by atoms with van der Waals surface area (Å²) < 4.78 is 68.5. The number of esters is 4. The van der Waals surface area contributed by atoms with Gasteiger partial charge in [0.2, 0.25) is 0 Å². The Bertz CT molecular complexity index is 1840. The SMILES string of the molecule is CCCCCC/C=C\CCCCCCCC(=O)O[C@H](COC(=O)CCCCCCCCCCCCCCCCC)COP(=O)(O)OC[C@@H](O)COP(=O)(O)OC[C@@H](COC(=O)CCCCCCCCCCCCCCC)OC(=O)CCCCCCCCCCCCCCC. The largest absolute Gasteiger partial charge is 0.472 e. The first kappa shape index (κ1) is 91.8. The van der Waals surface area contributed by atoms with Crippen molar-refractivity contribution in [3.05, 3.63) is 12.2 Å². The minimum Gasteiger partial charge on any atom is -0.462 e. The molecule has 0 bridgehead atoms. The fraction of sp³-hybridized carbons (Fsp3) is 0.920. The Morgan fingerprint density at radius 3 is 0.745 bits per heavy atom. The number of carbonyl (C=O) groups is 4. The van der Waals surface area contributed by atoms with E-state index in [2.05, 4.69) is 39.8 Å². The maximum atomic E-state index is 13.1. The Morgan fingerprint density at radius 1 is 0.287 bits per heavy atom. The van der Waals surface area contributed by atoms with E-state index in [0.717, 1.165) is 103 Å². The van der Waals surface area contributed by atoms with Crippen LogP contribution in [0.5, 0.6) is 0 Å². The number of rotatable bonds is 75. The van der Waals surface area contributed by atoms with Crippen LogP contribution in [-0.4, -0.2) is 96.7 Å². The molecule has 3 N–H and O–H groups in total. The number of hydrogen-bond acceptors (Lipinski definition) is 15. The fourth-order valence-electron chi connectivity index (χ4n) is 11.3. The van der Waals surface area contributed by atoms with Crippen molar-refractivity contribution in [1.29, 1.82) is 0 Å². The van der Waals surface area contributed by atoms with Gasteiger partial charge in [0, 0.05) is 25.7 Å². The Labute approximate surface area is 574 Å². The number of phosphoric ester groups is 2. The second-order valence-electron chi connectivity index (χ2n) is 26.7. The number of ether oxygens (including phenoxy) is 4. The molecule has 0 aliphatic rings. The second-order valence-corrected chi connectivity index (χ2v) is 29.6. The van der Waals surface area contributed by atoms with Crippen LogP contribution in [0.1, 0.15) is 387 Å². The molecule has 0 fully saturated rings. The highest BCUT2D eigenvalue weighted by Crippen LogP contribution is 2.45. The summed E-state index contributed by atoms with van der Waals surface area (Å²) in [6.45, 7) is 4.95. The lowest BCUT2D eigenvalue weighted by Crippen LogP contribution is -2.30. The van der Waals surface area contributed by atoms with E-state index in [1.165, 1.54) is 205 Å². The molecule has 0 rings (SSSR count). The van der Waals surface area contributed by atoms with E-state index in [9.17, 15) is 43.2 Å². The average Bonchev–Trinajstić information content (AvgIpc) is 1.63. The molecular formula is C75H144O17P2. The van der Waals surface area contributed by atoms with E-state index in [-0.39, 0.29) is 25.7 Å². The van der Waals surface area contributed by atoms with Gasteiger partial charge >= 0.3 is 39.5 Å². The molecule has 0 spiro atoms. The molecule has 0 aromatic rings. The minimum atomic E-state index is -4.96. The molecule has 0 aromatic carbocycles. The third-order valence-electron chi connectivity index (χ3n) is 17.3. The zero-order valence-corrected chi connectivity index (χ0v) is 62.5. The van der Waals surface area contributed by atoms with E-state index in [1.807, 2.05) is 0 Å². The zero-order chi connectivity index (χ0) is 69.0. The molecule has 0 saturated carbocycles. The maximum absolute atomic E-state index is 13.1. The van der Waals surface area contributed by atoms with Crippen molar-refractivity contribution in [3.63, 3.8) is 0 Å². The number of aliphatic hydroxyl groups is 1. The third kappa shape index (κ3) is 68.3. The summed E-state index contributed by atoms with van der Waals surface area (Å²) in [5.74, 6) is -2.13. The van der Waals surface area contributed by atoms with E-state index in [1.54, 1.807) is 0 Å². The standard InChI is InChI=1S/C75H144O17P2/c1-5-9-13-17-21-25-29-33-34-38-40-44-48-52-56-60-73(78)86-66-71(92-75(80)62-58-54-50-46-42-37-32-28-24-20-16-12-8-4)68-90-94(83,84)88-64-69(76)63-87-93(81,82)89-67-70(91-74(79)61-57-53-49-45-41-36-31-27-23-19-15-11-7-3)65-85-72(77)59-55-51-47-43-39-35-30-26-22-18-14-10-6-2/h28,32,69-71,76H,5-27,29-31,33-68H2,1-4H3,(H,81,82)(H,83,84)/b32-28-/t69-,70+,71+/m0/s1. The van der Waals surface area contributed by atoms with Gasteiger partial charge in [-0.15, -0.1) is 0 Å². The molecule has 0 aliphatic heterocycles. The van der Waals surface area contributed by atoms with Crippen molar-refractivity contribution in [1.82, 2.24) is 0 Å². The van der Waals surface area contributed by atoms with Gasteiger partial charge in [-0.25, -0.2) is 9.13 Å². The molecule has 17 nitrogen and oxygen atoms in total. The Balaban J connectivity index is 5.27. The molecule has 94 heavy (non-hydrogen) atoms. The first-order valence-corrected chi connectivity index (χ1v) is 41.9. The summed E-state index contributed by atoms with van der Waals surface area (Å²) in [5, 5.41) is 10.6. The summed E-state index contributed by atoms with van der Waals surface area (Å²) in [7, 11) is -9.91. The van der Waals surface area contributed by atoms with Gasteiger partial charge in [0.05, 0.1) is 26.4 Å². The monoisotopic (exact) mass is 1380 g/mol. The highest BCUT2D eigenvalue weighted by Gasteiger charge is 2.30. The van der Waals surface area contributed by atoms with Crippen molar-refractivity contribution >= 4 is 39.5 Å². The third-order valence-corrected chi connectivity index (χ3v) is 19.2. The van der Waals surface area contributed by atoms with Crippen LogP contribution in [0.25, 0.3) is 0 Å². The molecule has 19 heteroatoms. The predicted molar refractivity (Wildman–Crippen MR) is 382 cm³/mol. The van der Waals surface area contributed by atoms with Gasteiger partial charge in [-0.2, -0.15) is 0 Å². The topological polar surface area (TPSA) is 237 Å². The molecular weight excluding hydrogens is 1230 g/mol. The summed E-state index contributed by atoms with van der Waals surface area (Å²) >= 11 is 0. The maximum Gasteiger partial charge on any atom is 0.472 e. The molecule has 0 amide bonds. The smallest absolute Gasteiger partial charge is 0.462 e. The second kappa shape index (κ2) is 69.3. The van der Waals surface area contributed by atoms with Crippen LogP contribution in [0.15, 0.2) is 12.2 Å². The van der Waals surface area contributed by atoms with Crippen LogP contribution < -0.4 is 0 Å². The predicted octanol–water partition coefficient (Wildman–Crippen LogP) is 22.0. The van der Waals surface area contributed by atoms with Crippen LogP contribution >= 0.6 is 15.6 Å². The number of aliphatic hydroxyl groups excluding tert-OH is 1. The molecule has 0 aromatic heterocycles. The van der Waals surface area contributed by atoms with E-state index in [4.69, 9.17) is 37.0 Å². The lowest BCUT2D eigenvalue weighted by Gasteiger charge is -2.21.